The van der Waals surface area contributed by atoms with Gasteiger partial charge in [-0.15, -0.1) is 0 Å². The van der Waals surface area contributed by atoms with Gasteiger partial charge in [0.1, 0.15) is 18.2 Å². The number of nitrogens with two attached hydrogens (primary N) is 2. The molecule has 1 amide bonds. The van der Waals surface area contributed by atoms with Crippen LogP contribution in [0.1, 0.15) is 24.5 Å². The number of nitrogen functional groups attached to an aromatic ring is 1. The number of carbonyl (C=O) groups is 2. The molecule has 1 aliphatic heterocycles. The van der Waals surface area contributed by atoms with E-state index in [0.717, 1.165) is 5.56 Å². The zero-order valence-corrected chi connectivity index (χ0v) is 19.5. The minimum atomic E-state index is -3.16. The zero-order valence-electron chi connectivity index (χ0n) is 18.6. The molecule has 34 heavy (non-hydrogen) atoms. The summed E-state index contributed by atoms with van der Waals surface area (Å²) < 4.78 is 30.6. The average molecular weight is 493 g/mol. The van der Waals surface area contributed by atoms with Gasteiger partial charge in [0.15, 0.2) is 6.10 Å². The molecule has 1 atom stereocenters. The summed E-state index contributed by atoms with van der Waals surface area (Å²) >= 11 is 0. The lowest BCUT2D eigenvalue weighted by atomic mass is 10.1. The number of benzene rings is 2. The maximum atomic E-state index is 12.1. The van der Waals surface area contributed by atoms with Crippen LogP contribution in [0.25, 0.3) is 0 Å². The maximum absolute atomic E-state index is 12.1. The van der Waals surface area contributed by atoms with E-state index in [1.807, 2.05) is 12.1 Å². The number of aliphatic carboxylic acids is 1. The lowest BCUT2D eigenvalue weighted by Gasteiger charge is -2.14. The number of nitrogens with zero attached hydrogens (tertiary/aromatic N) is 1. The minimum Gasteiger partial charge on any atom is -0.490 e. The van der Waals surface area contributed by atoms with E-state index >= 15 is 0 Å². The molecular formula is C22H28N4O7S. The van der Waals surface area contributed by atoms with Gasteiger partial charge < -0.3 is 20.3 Å². The monoisotopic (exact) mass is 492 g/mol. The van der Waals surface area contributed by atoms with E-state index in [-0.39, 0.29) is 24.6 Å². The van der Waals surface area contributed by atoms with Crippen molar-refractivity contribution in [1.82, 2.24) is 0 Å². The van der Waals surface area contributed by atoms with Crippen LogP contribution in [-0.2, 0) is 26.0 Å². The number of amides is 1. The summed E-state index contributed by atoms with van der Waals surface area (Å²) in [6.07, 6.45) is -0.311. The summed E-state index contributed by atoms with van der Waals surface area (Å²) in [4.78, 5) is 24.2. The van der Waals surface area contributed by atoms with Crippen molar-refractivity contribution in [3.63, 3.8) is 0 Å². The van der Waals surface area contributed by atoms with E-state index < -0.39 is 28.2 Å². The van der Waals surface area contributed by atoms with Gasteiger partial charge in [-0.05, 0) is 55.3 Å². The van der Waals surface area contributed by atoms with Gasteiger partial charge in [0.25, 0.3) is 0 Å². The molecule has 2 aromatic rings. The molecule has 1 saturated heterocycles. The Morgan fingerprint density at radius 2 is 1.79 bits per heavy atom. The number of ether oxygens (including phenoxy) is 2. The van der Waals surface area contributed by atoms with Gasteiger partial charge in [-0.3, -0.25) is 15.1 Å². The van der Waals surface area contributed by atoms with Crippen molar-refractivity contribution in [2.75, 3.05) is 23.8 Å². The SMILES string of the molecule is CCS(N)(=O)=O.N=C(N)c1ccc(N2CC(COc3ccc(CCC(=O)O)cc3)OC2=O)cc1. The van der Waals surface area contributed by atoms with E-state index in [1.54, 1.807) is 36.4 Å². The van der Waals surface area contributed by atoms with Crippen LogP contribution >= 0.6 is 0 Å². The first kappa shape index (κ1) is 26.6. The van der Waals surface area contributed by atoms with Crippen LogP contribution in [0.4, 0.5) is 10.5 Å². The number of hydrogen-bond acceptors (Lipinski definition) is 7. The fourth-order valence-electron chi connectivity index (χ4n) is 2.83. The first-order valence-corrected chi connectivity index (χ1v) is 12.1. The molecule has 0 saturated carbocycles. The molecule has 0 radical (unpaired) electrons. The van der Waals surface area contributed by atoms with Crippen LogP contribution in [0.3, 0.4) is 0 Å². The van der Waals surface area contributed by atoms with E-state index in [2.05, 4.69) is 5.14 Å². The van der Waals surface area contributed by atoms with Crippen molar-refractivity contribution in [2.45, 2.75) is 25.9 Å². The van der Waals surface area contributed by atoms with Crippen LogP contribution in [-0.4, -0.2) is 56.4 Å². The lowest BCUT2D eigenvalue weighted by molar-refractivity contribution is -0.136. The molecule has 1 fully saturated rings. The second-order valence-corrected chi connectivity index (χ2v) is 9.28. The summed E-state index contributed by atoms with van der Waals surface area (Å²) in [5.41, 5.74) is 7.61. The van der Waals surface area contributed by atoms with Crippen molar-refractivity contribution < 1.29 is 32.6 Å². The maximum Gasteiger partial charge on any atom is 0.414 e. The average Bonchev–Trinajstić information content (AvgIpc) is 3.17. The van der Waals surface area contributed by atoms with Gasteiger partial charge in [-0.25, -0.2) is 18.4 Å². The number of primary sulfonamides is 1. The molecule has 0 spiro atoms. The highest BCUT2D eigenvalue weighted by Gasteiger charge is 2.32. The lowest BCUT2D eigenvalue weighted by Crippen LogP contribution is -2.26. The zero-order chi connectivity index (χ0) is 25.3. The van der Waals surface area contributed by atoms with E-state index in [1.165, 1.54) is 11.8 Å². The van der Waals surface area contributed by atoms with Gasteiger partial charge in [0, 0.05) is 17.7 Å². The third kappa shape index (κ3) is 8.71. The molecule has 1 heterocycles. The predicted octanol–water partition coefficient (Wildman–Crippen LogP) is 1.69. The molecular weight excluding hydrogens is 464 g/mol. The van der Waals surface area contributed by atoms with Gasteiger partial charge in [0.05, 0.1) is 12.3 Å². The number of cyclic esters (lactones) is 1. The molecule has 2 aromatic carbocycles. The molecule has 0 aliphatic carbocycles. The van der Waals surface area contributed by atoms with Gasteiger partial charge in [0.2, 0.25) is 10.0 Å². The Balaban J connectivity index is 0.000000604. The molecule has 184 valence electrons. The van der Waals surface area contributed by atoms with Crippen molar-refractivity contribution in [3.05, 3.63) is 59.7 Å². The summed E-state index contributed by atoms with van der Waals surface area (Å²) in [7, 11) is -3.16. The van der Waals surface area contributed by atoms with E-state index in [0.29, 0.717) is 30.0 Å². The van der Waals surface area contributed by atoms with Crippen molar-refractivity contribution in [2.24, 2.45) is 10.9 Å². The Morgan fingerprint density at radius 3 is 2.29 bits per heavy atom. The van der Waals surface area contributed by atoms with Gasteiger partial charge in [-0.2, -0.15) is 0 Å². The number of carbonyl (C=O) groups excluding carboxylic acids is 1. The Morgan fingerprint density at radius 1 is 1.21 bits per heavy atom. The van der Waals surface area contributed by atoms with Crippen LogP contribution in [0.5, 0.6) is 5.75 Å². The van der Waals surface area contributed by atoms with E-state index in [4.69, 9.17) is 25.7 Å². The fourth-order valence-corrected chi connectivity index (χ4v) is 2.83. The number of nitrogens with one attached hydrogen (secondary N) is 1. The highest BCUT2D eigenvalue weighted by atomic mass is 32.2. The van der Waals surface area contributed by atoms with E-state index in [9.17, 15) is 18.0 Å². The number of hydrogen-bond donors (Lipinski definition) is 4. The largest absolute Gasteiger partial charge is 0.490 e. The van der Waals surface area contributed by atoms with Gasteiger partial charge in [-0.1, -0.05) is 12.1 Å². The van der Waals surface area contributed by atoms with Gasteiger partial charge >= 0.3 is 12.1 Å². The van der Waals surface area contributed by atoms with Crippen molar-refractivity contribution >= 4 is 33.6 Å². The number of carboxylic acid groups (broad SMARTS) is 1. The van der Waals surface area contributed by atoms with Crippen molar-refractivity contribution in [1.29, 1.82) is 5.41 Å². The predicted molar refractivity (Wildman–Crippen MR) is 127 cm³/mol. The fraction of sp³-hybridized carbons (Fsp3) is 0.318. The smallest absolute Gasteiger partial charge is 0.414 e. The first-order valence-electron chi connectivity index (χ1n) is 10.3. The standard InChI is InChI=1S/C20H21N3O5.C2H7NO2S/c21-19(22)14-4-6-15(7-5-14)23-11-17(28-20(23)26)12-27-16-8-1-13(2-9-16)3-10-18(24)25;1-2-6(3,4)5/h1-2,4-9,17H,3,10-12H2,(H3,21,22)(H,24,25);2H2,1H3,(H2,3,4,5). The highest BCUT2D eigenvalue weighted by molar-refractivity contribution is 7.89. The quantitative estimate of drug-likeness (QED) is 0.301. The Kier molecular flexibility index (Phi) is 9.39. The molecule has 12 heteroatoms. The number of carboxylic acids is 1. The van der Waals surface area contributed by atoms with Crippen molar-refractivity contribution in [3.8, 4) is 5.75 Å². The van der Waals surface area contributed by atoms with Crippen LogP contribution in [0.15, 0.2) is 48.5 Å². The summed E-state index contributed by atoms with van der Waals surface area (Å²) in [6, 6.07) is 14.0. The molecule has 1 aliphatic rings. The normalized spacial score (nSPS) is 15.2. The molecule has 0 bridgehead atoms. The molecule has 0 aromatic heterocycles. The number of sulfonamides is 1. The van der Waals surface area contributed by atoms with Crippen LogP contribution in [0.2, 0.25) is 0 Å². The molecule has 6 N–H and O–H groups in total. The third-order valence-electron chi connectivity index (χ3n) is 4.75. The van der Waals surface area contributed by atoms with Crippen LogP contribution < -0.4 is 20.5 Å². The van der Waals surface area contributed by atoms with Crippen LogP contribution in [0, 0.1) is 5.41 Å². The molecule has 3 rings (SSSR count). The topological polar surface area (TPSA) is 186 Å². The first-order chi connectivity index (χ1) is 16.0. The number of amidine groups is 1. The summed E-state index contributed by atoms with van der Waals surface area (Å²) in [5.74, 6) is -0.216. The third-order valence-corrected chi connectivity index (χ3v) is 5.56. The molecule has 11 nitrogen and oxygen atoms in total. The minimum absolute atomic E-state index is 0.0208. The second-order valence-electron chi connectivity index (χ2n) is 7.38. The number of anilines is 1. The molecule has 1 unspecified atom stereocenters. The summed E-state index contributed by atoms with van der Waals surface area (Å²) in [5, 5.41) is 20.6. The highest BCUT2D eigenvalue weighted by Crippen LogP contribution is 2.23. The second kappa shape index (κ2) is 12.0. The number of aryl methyl sites for hydroxylation is 1. The Labute approximate surface area is 197 Å². The Hall–Kier alpha value is -3.64. The number of rotatable bonds is 9. The Bertz CT molecular complexity index is 1100. The summed E-state index contributed by atoms with van der Waals surface area (Å²) in [6.45, 7) is 2.06.